The summed E-state index contributed by atoms with van der Waals surface area (Å²) in [5, 5.41) is 14.0. The van der Waals surface area contributed by atoms with Crippen LogP contribution in [0.1, 0.15) is 42.1 Å². The van der Waals surface area contributed by atoms with Gasteiger partial charge in [0.1, 0.15) is 6.10 Å². The van der Waals surface area contributed by atoms with E-state index in [1.807, 2.05) is 43.3 Å². The molecule has 1 amide bonds. The van der Waals surface area contributed by atoms with Gasteiger partial charge in [-0.3, -0.25) is 4.79 Å². The van der Waals surface area contributed by atoms with Gasteiger partial charge in [0, 0.05) is 10.6 Å². The lowest BCUT2D eigenvalue weighted by Gasteiger charge is -2.16. The molecule has 0 saturated heterocycles. The van der Waals surface area contributed by atoms with E-state index in [1.165, 1.54) is 0 Å². The normalized spacial score (nSPS) is 18.2. The molecule has 0 fully saturated rings. The Labute approximate surface area is 128 Å². The lowest BCUT2D eigenvalue weighted by atomic mass is 9.93. The van der Waals surface area contributed by atoms with Crippen molar-refractivity contribution in [3.63, 3.8) is 0 Å². The second kappa shape index (κ2) is 5.51. The zero-order valence-corrected chi connectivity index (χ0v) is 12.4. The molecule has 108 valence electrons. The molecule has 2 aromatic rings. The van der Waals surface area contributed by atoms with Crippen molar-refractivity contribution in [2.45, 2.75) is 25.4 Å². The first-order valence-corrected chi connectivity index (χ1v) is 7.36. The van der Waals surface area contributed by atoms with Gasteiger partial charge in [-0.2, -0.15) is 0 Å². The summed E-state index contributed by atoms with van der Waals surface area (Å²) in [5.41, 5.74) is 3.00. The number of aliphatic hydroxyl groups is 1. The van der Waals surface area contributed by atoms with Gasteiger partial charge < -0.3 is 10.4 Å². The Bertz CT molecular complexity index is 685. The topological polar surface area (TPSA) is 49.3 Å². The van der Waals surface area contributed by atoms with Gasteiger partial charge in [0.05, 0.1) is 11.6 Å². The zero-order chi connectivity index (χ0) is 15.0. The summed E-state index contributed by atoms with van der Waals surface area (Å²) in [4.78, 5) is 12.0. The monoisotopic (exact) mass is 301 g/mol. The van der Waals surface area contributed by atoms with Crippen LogP contribution >= 0.6 is 11.6 Å². The van der Waals surface area contributed by atoms with Crippen molar-refractivity contribution in [1.29, 1.82) is 0 Å². The Kier molecular flexibility index (Phi) is 3.70. The second-order valence-corrected chi connectivity index (χ2v) is 5.66. The first kappa shape index (κ1) is 14.1. The molecule has 0 spiro atoms. The lowest BCUT2D eigenvalue weighted by Crippen LogP contribution is -2.11. The summed E-state index contributed by atoms with van der Waals surface area (Å²) in [6.07, 6.45) is -0.102. The third-order valence-electron chi connectivity index (χ3n) is 3.92. The molecular weight excluding hydrogens is 286 g/mol. The molecule has 21 heavy (non-hydrogen) atoms. The van der Waals surface area contributed by atoms with E-state index in [2.05, 4.69) is 5.32 Å². The van der Waals surface area contributed by atoms with Crippen LogP contribution in [0.25, 0.3) is 0 Å². The van der Waals surface area contributed by atoms with Crippen molar-refractivity contribution in [3.05, 3.63) is 64.2 Å². The van der Waals surface area contributed by atoms with Crippen molar-refractivity contribution < 1.29 is 9.90 Å². The van der Waals surface area contributed by atoms with Crippen LogP contribution in [0.2, 0.25) is 5.02 Å². The number of carbonyl (C=O) groups excluding carboxylic acids is 1. The largest absolute Gasteiger partial charge is 0.384 e. The molecule has 3 nitrogen and oxygen atoms in total. The first-order valence-electron chi connectivity index (χ1n) is 6.99. The third-order valence-corrected chi connectivity index (χ3v) is 4.14. The second-order valence-electron chi connectivity index (χ2n) is 5.22. The molecule has 2 N–H and O–H groups in total. The summed E-state index contributed by atoms with van der Waals surface area (Å²) >= 11 is 6.18. The Morgan fingerprint density at radius 2 is 2.00 bits per heavy atom. The summed E-state index contributed by atoms with van der Waals surface area (Å²) in [6.45, 7) is 1.97. The molecule has 0 bridgehead atoms. The molecule has 1 heterocycles. The van der Waals surface area contributed by atoms with E-state index in [0.717, 1.165) is 11.1 Å². The summed E-state index contributed by atoms with van der Waals surface area (Å²) in [5.74, 6) is -0.225. The number of aliphatic hydroxyl groups excluding tert-OH is 1. The van der Waals surface area contributed by atoms with E-state index in [9.17, 15) is 9.90 Å². The number of hydrogen-bond donors (Lipinski definition) is 2. The fourth-order valence-corrected chi connectivity index (χ4v) is 3.09. The molecule has 0 aliphatic carbocycles. The van der Waals surface area contributed by atoms with Crippen molar-refractivity contribution in [3.8, 4) is 0 Å². The minimum atomic E-state index is -0.811. The van der Waals surface area contributed by atoms with Crippen LogP contribution in [0.5, 0.6) is 0 Å². The SMILES string of the molecule is CCC1C(=O)Nc2c1cc(Cl)cc2C(O)c1ccccc1. The van der Waals surface area contributed by atoms with Crippen LogP contribution in [0.4, 0.5) is 5.69 Å². The molecule has 1 aliphatic heterocycles. The van der Waals surface area contributed by atoms with E-state index < -0.39 is 6.10 Å². The Balaban J connectivity index is 2.11. The number of amides is 1. The number of hydrogen-bond acceptors (Lipinski definition) is 2. The summed E-state index contributed by atoms with van der Waals surface area (Å²) in [6, 6.07) is 12.9. The van der Waals surface area contributed by atoms with Crippen LogP contribution in [-0.2, 0) is 4.79 Å². The maximum Gasteiger partial charge on any atom is 0.232 e. The van der Waals surface area contributed by atoms with E-state index in [4.69, 9.17) is 11.6 Å². The fraction of sp³-hybridized carbons (Fsp3) is 0.235. The van der Waals surface area contributed by atoms with E-state index in [0.29, 0.717) is 22.7 Å². The first-order chi connectivity index (χ1) is 10.1. The summed E-state index contributed by atoms with van der Waals surface area (Å²) in [7, 11) is 0. The molecule has 1 aliphatic rings. The molecule has 2 atom stereocenters. The van der Waals surface area contributed by atoms with Crippen LogP contribution in [0.3, 0.4) is 0 Å². The van der Waals surface area contributed by atoms with Gasteiger partial charge in [0.15, 0.2) is 0 Å². The van der Waals surface area contributed by atoms with Gasteiger partial charge in [-0.15, -0.1) is 0 Å². The van der Waals surface area contributed by atoms with Crippen LogP contribution in [0, 0.1) is 0 Å². The predicted octanol–water partition coefficient (Wildman–Crippen LogP) is 3.87. The average molecular weight is 302 g/mol. The molecule has 0 radical (unpaired) electrons. The van der Waals surface area contributed by atoms with E-state index in [1.54, 1.807) is 6.07 Å². The molecule has 0 aromatic heterocycles. The molecular formula is C17H16ClNO2. The molecule has 2 aromatic carbocycles. The fourth-order valence-electron chi connectivity index (χ4n) is 2.86. The average Bonchev–Trinajstić information content (AvgIpc) is 2.81. The smallest absolute Gasteiger partial charge is 0.232 e. The van der Waals surface area contributed by atoms with Crippen molar-refractivity contribution in [2.24, 2.45) is 0 Å². The molecule has 3 rings (SSSR count). The van der Waals surface area contributed by atoms with E-state index >= 15 is 0 Å². The van der Waals surface area contributed by atoms with Crippen LogP contribution < -0.4 is 5.32 Å². The van der Waals surface area contributed by atoms with Gasteiger partial charge in [0.25, 0.3) is 0 Å². The summed E-state index contributed by atoms with van der Waals surface area (Å²) < 4.78 is 0. The highest BCUT2D eigenvalue weighted by Crippen LogP contribution is 2.42. The minimum Gasteiger partial charge on any atom is -0.384 e. The molecule has 0 saturated carbocycles. The van der Waals surface area contributed by atoms with Crippen molar-refractivity contribution in [1.82, 2.24) is 0 Å². The Hall–Kier alpha value is -1.84. The zero-order valence-electron chi connectivity index (χ0n) is 11.6. The third kappa shape index (κ3) is 2.43. The van der Waals surface area contributed by atoms with Crippen LogP contribution in [0.15, 0.2) is 42.5 Å². The van der Waals surface area contributed by atoms with Crippen molar-refractivity contribution >= 4 is 23.2 Å². The van der Waals surface area contributed by atoms with Gasteiger partial charge in [-0.05, 0) is 29.7 Å². The quantitative estimate of drug-likeness (QED) is 0.904. The predicted molar refractivity (Wildman–Crippen MR) is 83.6 cm³/mol. The molecule has 4 heteroatoms. The van der Waals surface area contributed by atoms with Gasteiger partial charge >= 0.3 is 0 Å². The van der Waals surface area contributed by atoms with Gasteiger partial charge in [0.2, 0.25) is 5.91 Å². The number of rotatable bonds is 3. The van der Waals surface area contributed by atoms with Crippen LogP contribution in [-0.4, -0.2) is 11.0 Å². The van der Waals surface area contributed by atoms with Gasteiger partial charge in [-0.1, -0.05) is 48.9 Å². The number of benzene rings is 2. The number of carbonyl (C=O) groups is 1. The highest BCUT2D eigenvalue weighted by atomic mass is 35.5. The maximum absolute atomic E-state index is 12.0. The Morgan fingerprint density at radius 1 is 1.29 bits per heavy atom. The molecule has 2 unspecified atom stereocenters. The van der Waals surface area contributed by atoms with Gasteiger partial charge in [-0.25, -0.2) is 0 Å². The number of halogens is 1. The number of fused-ring (bicyclic) bond motifs is 1. The van der Waals surface area contributed by atoms with E-state index in [-0.39, 0.29) is 11.8 Å². The maximum atomic E-state index is 12.0. The minimum absolute atomic E-state index is 0.0312. The number of anilines is 1. The lowest BCUT2D eigenvalue weighted by molar-refractivity contribution is -0.117. The Morgan fingerprint density at radius 3 is 2.67 bits per heavy atom. The standard InChI is InChI=1S/C17H16ClNO2/c1-2-12-13-8-11(18)9-14(15(13)19-17(12)21)16(20)10-6-4-3-5-7-10/h3-9,12,16,20H,2H2,1H3,(H,19,21). The highest BCUT2D eigenvalue weighted by Gasteiger charge is 2.32. The van der Waals surface area contributed by atoms with Crippen molar-refractivity contribution in [2.75, 3.05) is 5.32 Å². The highest BCUT2D eigenvalue weighted by molar-refractivity contribution is 6.31. The number of nitrogens with one attached hydrogen (secondary N) is 1.